The van der Waals surface area contributed by atoms with E-state index in [9.17, 15) is 0 Å². The van der Waals surface area contributed by atoms with Gasteiger partial charge in [-0.2, -0.15) is 0 Å². The van der Waals surface area contributed by atoms with E-state index in [2.05, 4.69) is 69.5 Å². The van der Waals surface area contributed by atoms with E-state index in [0.717, 1.165) is 19.3 Å². The van der Waals surface area contributed by atoms with Crippen molar-refractivity contribution >= 4 is 0 Å². The third kappa shape index (κ3) is 3.40. The molecule has 1 aromatic rings. The number of nitrogens with two attached hydrogens (primary N) is 1. The van der Waals surface area contributed by atoms with E-state index in [1.807, 2.05) is 0 Å². The van der Waals surface area contributed by atoms with Crippen molar-refractivity contribution in [1.29, 1.82) is 0 Å². The Bertz CT molecular complexity index is 397. The third-order valence-electron chi connectivity index (χ3n) is 4.64. The predicted molar refractivity (Wildman–Crippen MR) is 87.5 cm³/mol. The van der Waals surface area contributed by atoms with Crippen molar-refractivity contribution in [3.05, 3.63) is 35.4 Å². The maximum absolute atomic E-state index is 5.93. The SMILES string of the molecule is CCCc1cccc(C(NN)C(CC)(CC)N(C)C)c1. The molecule has 3 nitrogen and oxygen atoms in total. The highest BCUT2D eigenvalue weighted by atomic mass is 15.3. The molecule has 0 spiro atoms. The van der Waals surface area contributed by atoms with Gasteiger partial charge in [0.15, 0.2) is 0 Å². The molecule has 0 aliphatic heterocycles. The van der Waals surface area contributed by atoms with Crippen molar-refractivity contribution in [3.8, 4) is 0 Å². The number of aryl methyl sites for hydroxylation is 1. The lowest BCUT2D eigenvalue weighted by Crippen LogP contribution is -2.54. The Kier molecular flexibility index (Phi) is 6.66. The molecule has 1 unspecified atom stereocenters. The van der Waals surface area contributed by atoms with Crippen LogP contribution in [0, 0.1) is 0 Å². The second-order valence-corrected chi connectivity index (χ2v) is 5.80. The second kappa shape index (κ2) is 7.77. The lowest BCUT2D eigenvalue weighted by atomic mass is 9.79. The summed E-state index contributed by atoms with van der Waals surface area (Å²) in [6.07, 6.45) is 4.41. The minimum absolute atomic E-state index is 0.0413. The molecule has 1 aromatic carbocycles. The fourth-order valence-electron chi connectivity index (χ4n) is 3.33. The van der Waals surface area contributed by atoms with Gasteiger partial charge in [-0.3, -0.25) is 11.3 Å². The zero-order chi connectivity index (χ0) is 15.2. The standard InChI is InChI=1S/C17H31N3/c1-6-10-14-11-9-12-15(13-14)16(19-18)17(7-2,8-3)20(4)5/h9,11-13,16,19H,6-8,10,18H2,1-5H3. The Morgan fingerprint density at radius 3 is 2.30 bits per heavy atom. The molecule has 0 aliphatic rings. The maximum Gasteiger partial charge on any atom is 0.0643 e. The van der Waals surface area contributed by atoms with E-state index in [1.54, 1.807) is 0 Å². The molecule has 3 heteroatoms. The monoisotopic (exact) mass is 277 g/mol. The fourth-order valence-corrected chi connectivity index (χ4v) is 3.33. The van der Waals surface area contributed by atoms with Crippen molar-refractivity contribution in [2.45, 2.75) is 58.0 Å². The van der Waals surface area contributed by atoms with Gasteiger partial charge in [0, 0.05) is 5.54 Å². The summed E-state index contributed by atoms with van der Waals surface area (Å²) in [4.78, 5) is 2.31. The summed E-state index contributed by atoms with van der Waals surface area (Å²) in [6.45, 7) is 6.70. The molecular weight excluding hydrogens is 246 g/mol. The molecular formula is C17H31N3. The van der Waals surface area contributed by atoms with Crippen LogP contribution in [0.15, 0.2) is 24.3 Å². The van der Waals surface area contributed by atoms with Crippen molar-refractivity contribution in [2.24, 2.45) is 5.84 Å². The molecule has 0 saturated heterocycles. The van der Waals surface area contributed by atoms with Gasteiger partial charge in [-0.05, 0) is 44.5 Å². The highest BCUT2D eigenvalue weighted by Gasteiger charge is 2.38. The number of rotatable bonds is 8. The van der Waals surface area contributed by atoms with Crippen LogP contribution >= 0.6 is 0 Å². The number of hydrogen-bond acceptors (Lipinski definition) is 3. The molecule has 114 valence electrons. The molecule has 0 saturated carbocycles. The van der Waals surface area contributed by atoms with Crippen LogP contribution < -0.4 is 11.3 Å². The third-order valence-corrected chi connectivity index (χ3v) is 4.64. The summed E-state index contributed by atoms with van der Waals surface area (Å²) >= 11 is 0. The number of benzene rings is 1. The molecule has 0 fully saturated rings. The minimum atomic E-state index is 0.0413. The molecule has 1 atom stereocenters. The van der Waals surface area contributed by atoms with Crippen LogP contribution in [0.2, 0.25) is 0 Å². The molecule has 0 aromatic heterocycles. The van der Waals surface area contributed by atoms with Crippen molar-refractivity contribution in [3.63, 3.8) is 0 Å². The Balaban J connectivity index is 3.19. The normalized spacial score (nSPS) is 13.8. The first kappa shape index (κ1) is 17.2. The van der Waals surface area contributed by atoms with E-state index >= 15 is 0 Å². The van der Waals surface area contributed by atoms with Crippen LogP contribution in [0.4, 0.5) is 0 Å². The average Bonchev–Trinajstić information content (AvgIpc) is 2.45. The number of nitrogens with one attached hydrogen (secondary N) is 1. The first-order valence-corrected chi connectivity index (χ1v) is 7.78. The first-order chi connectivity index (χ1) is 9.55. The minimum Gasteiger partial charge on any atom is -0.302 e. The van der Waals surface area contributed by atoms with E-state index in [4.69, 9.17) is 5.84 Å². The summed E-state index contributed by atoms with van der Waals surface area (Å²) in [6, 6.07) is 8.99. The highest BCUT2D eigenvalue weighted by molar-refractivity contribution is 5.29. The summed E-state index contributed by atoms with van der Waals surface area (Å²) in [5, 5.41) is 0. The van der Waals surface area contributed by atoms with Gasteiger partial charge in [0.05, 0.1) is 6.04 Å². The van der Waals surface area contributed by atoms with E-state index < -0.39 is 0 Å². The second-order valence-electron chi connectivity index (χ2n) is 5.80. The predicted octanol–water partition coefficient (Wildman–Crippen LogP) is 3.26. The number of nitrogens with zero attached hydrogens (tertiary/aromatic N) is 1. The number of hydrogen-bond donors (Lipinski definition) is 2. The van der Waals surface area contributed by atoms with Crippen LogP contribution in [0.25, 0.3) is 0 Å². The quantitative estimate of drug-likeness (QED) is 0.566. The highest BCUT2D eigenvalue weighted by Crippen LogP contribution is 2.35. The van der Waals surface area contributed by atoms with E-state index in [-0.39, 0.29) is 11.6 Å². The Morgan fingerprint density at radius 1 is 1.20 bits per heavy atom. The summed E-state index contributed by atoms with van der Waals surface area (Å²) in [7, 11) is 4.29. The Hall–Kier alpha value is -0.900. The molecule has 0 bridgehead atoms. The van der Waals surface area contributed by atoms with Crippen molar-refractivity contribution in [2.75, 3.05) is 14.1 Å². The van der Waals surface area contributed by atoms with Crippen LogP contribution in [0.5, 0.6) is 0 Å². The molecule has 0 aliphatic carbocycles. The molecule has 0 amide bonds. The van der Waals surface area contributed by atoms with E-state index in [1.165, 1.54) is 17.5 Å². The van der Waals surface area contributed by atoms with Crippen LogP contribution in [0.3, 0.4) is 0 Å². The van der Waals surface area contributed by atoms with Gasteiger partial charge in [-0.25, -0.2) is 0 Å². The van der Waals surface area contributed by atoms with Gasteiger partial charge in [0.1, 0.15) is 0 Å². The summed E-state index contributed by atoms with van der Waals surface area (Å²) < 4.78 is 0. The lowest BCUT2D eigenvalue weighted by molar-refractivity contribution is 0.0882. The van der Waals surface area contributed by atoms with Gasteiger partial charge >= 0.3 is 0 Å². The molecule has 0 heterocycles. The Morgan fingerprint density at radius 2 is 1.85 bits per heavy atom. The smallest absolute Gasteiger partial charge is 0.0643 e. The van der Waals surface area contributed by atoms with Gasteiger partial charge in [0.2, 0.25) is 0 Å². The molecule has 0 radical (unpaired) electrons. The van der Waals surface area contributed by atoms with Crippen LogP contribution in [-0.2, 0) is 6.42 Å². The molecule has 1 rings (SSSR count). The zero-order valence-corrected chi connectivity index (χ0v) is 13.7. The number of hydrazine groups is 1. The first-order valence-electron chi connectivity index (χ1n) is 7.78. The fraction of sp³-hybridized carbons (Fsp3) is 0.647. The topological polar surface area (TPSA) is 41.3 Å². The van der Waals surface area contributed by atoms with Gasteiger partial charge in [-0.15, -0.1) is 0 Å². The van der Waals surface area contributed by atoms with Gasteiger partial charge < -0.3 is 4.90 Å². The van der Waals surface area contributed by atoms with Crippen molar-refractivity contribution < 1.29 is 0 Å². The number of likely N-dealkylation sites (N-methyl/N-ethyl adjacent to an activating group) is 1. The van der Waals surface area contributed by atoms with E-state index in [0.29, 0.717) is 0 Å². The van der Waals surface area contributed by atoms with Crippen LogP contribution in [-0.4, -0.2) is 24.5 Å². The van der Waals surface area contributed by atoms with Gasteiger partial charge in [-0.1, -0.05) is 51.5 Å². The zero-order valence-electron chi connectivity index (χ0n) is 13.7. The average molecular weight is 277 g/mol. The van der Waals surface area contributed by atoms with Crippen molar-refractivity contribution in [1.82, 2.24) is 10.3 Å². The largest absolute Gasteiger partial charge is 0.302 e. The van der Waals surface area contributed by atoms with Crippen LogP contribution in [0.1, 0.15) is 57.2 Å². The lowest BCUT2D eigenvalue weighted by Gasteiger charge is -2.45. The van der Waals surface area contributed by atoms with Gasteiger partial charge in [0.25, 0.3) is 0 Å². The summed E-state index contributed by atoms with van der Waals surface area (Å²) in [5.74, 6) is 5.93. The Labute approximate surface area is 124 Å². The summed E-state index contributed by atoms with van der Waals surface area (Å²) in [5.41, 5.74) is 5.79. The molecule has 20 heavy (non-hydrogen) atoms. The molecule has 3 N–H and O–H groups in total. The maximum atomic E-state index is 5.93.